The van der Waals surface area contributed by atoms with Gasteiger partial charge in [-0.2, -0.15) is 0 Å². The van der Waals surface area contributed by atoms with Crippen LogP contribution < -0.4 is 5.73 Å². The van der Waals surface area contributed by atoms with Crippen molar-refractivity contribution in [1.29, 1.82) is 0 Å². The molecule has 66 valence electrons. The van der Waals surface area contributed by atoms with Crippen molar-refractivity contribution in [2.24, 2.45) is 5.73 Å². The second-order valence-corrected chi connectivity index (χ2v) is 3.38. The van der Waals surface area contributed by atoms with Crippen molar-refractivity contribution in [1.82, 2.24) is 0 Å². The summed E-state index contributed by atoms with van der Waals surface area (Å²) in [5.41, 5.74) is 7.08. The van der Waals surface area contributed by atoms with E-state index in [1.54, 1.807) is 0 Å². The third-order valence-corrected chi connectivity index (χ3v) is 2.15. The van der Waals surface area contributed by atoms with Crippen LogP contribution in [0.5, 0.6) is 0 Å². The molecule has 1 unspecified atom stereocenters. The fraction of sp³-hybridized carbons (Fsp3) is 0.400. The SMILES string of the molecule is CCCC(N)c1ccc(Cl)cc1. The zero-order valence-electron chi connectivity index (χ0n) is 7.26. The smallest absolute Gasteiger partial charge is 0.0406 e. The number of benzene rings is 1. The quantitative estimate of drug-likeness (QED) is 0.766. The van der Waals surface area contributed by atoms with Gasteiger partial charge in [-0.1, -0.05) is 37.1 Å². The molecule has 2 heteroatoms. The minimum absolute atomic E-state index is 0.160. The van der Waals surface area contributed by atoms with Crippen LogP contribution in [0, 0.1) is 0 Å². The molecule has 0 saturated carbocycles. The summed E-state index contributed by atoms with van der Waals surface area (Å²) in [5, 5.41) is 0.766. The van der Waals surface area contributed by atoms with Crippen molar-refractivity contribution >= 4 is 11.6 Å². The highest BCUT2D eigenvalue weighted by atomic mass is 35.5. The molecular formula is C10H14ClN. The average molecular weight is 184 g/mol. The summed E-state index contributed by atoms with van der Waals surface area (Å²) in [7, 11) is 0. The number of hydrogen-bond donors (Lipinski definition) is 1. The molecule has 1 rings (SSSR count). The first-order valence-corrected chi connectivity index (χ1v) is 4.63. The Kier molecular flexibility index (Phi) is 3.57. The molecule has 1 aromatic rings. The maximum Gasteiger partial charge on any atom is 0.0406 e. The first-order valence-electron chi connectivity index (χ1n) is 4.25. The third-order valence-electron chi connectivity index (χ3n) is 1.90. The van der Waals surface area contributed by atoms with Crippen LogP contribution in [-0.2, 0) is 0 Å². The topological polar surface area (TPSA) is 26.0 Å². The van der Waals surface area contributed by atoms with Crippen molar-refractivity contribution < 1.29 is 0 Å². The number of nitrogens with two attached hydrogens (primary N) is 1. The van der Waals surface area contributed by atoms with E-state index in [9.17, 15) is 0 Å². The molecule has 0 amide bonds. The van der Waals surface area contributed by atoms with E-state index < -0.39 is 0 Å². The molecule has 0 saturated heterocycles. The highest BCUT2D eigenvalue weighted by Gasteiger charge is 2.02. The van der Waals surface area contributed by atoms with E-state index in [2.05, 4.69) is 6.92 Å². The lowest BCUT2D eigenvalue weighted by molar-refractivity contribution is 0.638. The molecule has 0 fully saturated rings. The van der Waals surface area contributed by atoms with Crippen LogP contribution >= 0.6 is 11.6 Å². The van der Waals surface area contributed by atoms with Crippen LogP contribution in [-0.4, -0.2) is 0 Å². The van der Waals surface area contributed by atoms with Crippen LogP contribution in [0.1, 0.15) is 31.4 Å². The van der Waals surface area contributed by atoms with Gasteiger partial charge in [-0.25, -0.2) is 0 Å². The Labute approximate surface area is 78.5 Å². The third kappa shape index (κ3) is 2.50. The summed E-state index contributed by atoms with van der Waals surface area (Å²) in [4.78, 5) is 0. The first kappa shape index (κ1) is 9.56. The molecular weight excluding hydrogens is 170 g/mol. The first-order chi connectivity index (χ1) is 5.74. The molecule has 0 aliphatic carbocycles. The Bertz CT molecular complexity index is 230. The minimum atomic E-state index is 0.160. The largest absolute Gasteiger partial charge is 0.324 e. The fourth-order valence-electron chi connectivity index (χ4n) is 1.19. The van der Waals surface area contributed by atoms with E-state index in [4.69, 9.17) is 17.3 Å². The maximum absolute atomic E-state index is 5.91. The van der Waals surface area contributed by atoms with Crippen LogP contribution in [0.2, 0.25) is 5.02 Å². The summed E-state index contributed by atoms with van der Waals surface area (Å²) in [5.74, 6) is 0. The van der Waals surface area contributed by atoms with Crippen molar-refractivity contribution in [3.63, 3.8) is 0 Å². The van der Waals surface area contributed by atoms with E-state index >= 15 is 0 Å². The Morgan fingerprint density at radius 1 is 1.33 bits per heavy atom. The van der Waals surface area contributed by atoms with Gasteiger partial charge in [0.25, 0.3) is 0 Å². The molecule has 0 spiro atoms. The van der Waals surface area contributed by atoms with Gasteiger partial charge < -0.3 is 5.73 Å². The van der Waals surface area contributed by atoms with Gasteiger partial charge in [0, 0.05) is 11.1 Å². The number of halogens is 1. The van der Waals surface area contributed by atoms with Gasteiger partial charge >= 0.3 is 0 Å². The summed E-state index contributed by atoms with van der Waals surface area (Å²) in [6.07, 6.45) is 2.14. The summed E-state index contributed by atoms with van der Waals surface area (Å²) in [6.45, 7) is 2.13. The molecule has 0 radical (unpaired) electrons. The van der Waals surface area contributed by atoms with Crippen LogP contribution in [0.15, 0.2) is 24.3 Å². The van der Waals surface area contributed by atoms with Gasteiger partial charge in [0.2, 0.25) is 0 Å². The molecule has 0 aromatic heterocycles. The second-order valence-electron chi connectivity index (χ2n) is 2.95. The van der Waals surface area contributed by atoms with E-state index in [0.29, 0.717) is 0 Å². The standard InChI is InChI=1S/C10H14ClN/c1-2-3-10(12)8-4-6-9(11)7-5-8/h4-7,10H,2-3,12H2,1H3. The lowest BCUT2D eigenvalue weighted by Crippen LogP contribution is -2.09. The predicted molar refractivity (Wildman–Crippen MR) is 53.3 cm³/mol. The molecule has 0 aliphatic rings. The average Bonchev–Trinajstić information content (AvgIpc) is 2.06. The zero-order chi connectivity index (χ0) is 8.97. The van der Waals surface area contributed by atoms with Gasteiger partial charge in [0.05, 0.1) is 0 Å². The molecule has 1 atom stereocenters. The van der Waals surface area contributed by atoms with Gasteiger partial charge in [-0.15, -0.1) is 0 Å². The lowest BCUT2D eigenvalue weighted by atomic mass is 10.0. The molecule has 0 bridgehead atoms. The molecule has 12 heavy (non-hydrogen) atoms. The fourth-order valence-corrected chi connectivity index (χ4v) is 1.31. The van der Waals surface area contributed by atoms with Gasteiger partial charge in [0.15, 0.2) is 0 Å². The van der Waals surface area contributed by atoms with Gasteiger partial charge in [0.1, 0.15) is 0 Å². The van der Waals surface area contributed by atoms with Crippen molar-refractivity contribution in [3.8, 4) is 0 Å². The second kappa shape index (κ2) is 4.48. The van der Waals surface area contributed by atoms with Crippen LogP contribution in [0.4, 0.5) is 0 Å². The highest BCUT2D eigenvalue weighted by molar-refractivity contribution is 6.30. The summed E-state index contributed by atoms with van der Waals surface area (Å²) >= 11 is 5.75. The number of rotatable bonds is 3. The van der Waals surface area contributed by atoms with E-state index in [1.807, 2.05) is 24.3 Å². The predicted octanol–water partition coefficient (Wildman–Crippen LogP) is 3.14. The lowest BCUT2D eigenvalue weighted by Gasteiger charge is -2.09. The summed E-state index contributed by atoms with van der Waals surface area (Å²) in [6, 6.07) is 7.90. The Hall–Kier alpha value is -0.530. The molecule has 1 nitrogen and oxygen atoms in total. The van der Waals surface area contributed by atoms with Gasteiger partial charge in [-0.3, -0.25) is 0 Å². The van der Waals surface area contributed by atoms with E-state index in [0.717, 1.165) is 17.9 Å². The van der Waals surface area contributed by atoms with Crippen LogP contribution in [0.3, 0.4) is 0 Å². The molecule has 0 aliphatic heterocycles. The Morgan fingerprint density at radius 2 is 1.92 bits per heavy atom. The Balaban J connectivity index is 2.68. The van der Waals surface area contributed by atoms with Crippen molar-refractivity contribution in [2.45, 2.75) is 25.8 Å². The zero-order valence-corrected chi connectivity index (χ0v) is 8.01. The normalized spacial score (nSPS) is 12.9. The highest BCUT2D eigenvalue weighted by Crippen LogP contribution is 2.17. The van der Waals surface area contributed by atoms with Crippen molar-refractivity contribution in [2.75, 3.05) is 0 Å². The monoisotopic (exact) mass is 183 g/mol. The number of hydrogen-bond acceptors (Lipinski definition) is 1. The molecule has 0 heterocycles. The van der Waals surface area contributed by atoms with Gasteiger partial charge in [-0.05, 0) is 24.1 Å². The minimum Gasteiger partial charge on any atom is -0.324 e. The maximum atomic E-state index is 5.91. The molecule has 1 aromatic carbocycles. The summed E-state index contributed by atoms with van der Waals surface area (Å²) < 4.78 is 0. The van der Waals surface area contributed by atoms with E-state index in [1.165, 1.54) is 5.56 Å². The van der Waals surface area contributed by atoms with Crippen LogP contribution in [0.25, 0.3) is 0 Å². The van der Waals surface area contributed by atoms with Crippen molar-refractivity contribution in [3.05, 3.63) is 34.9 Å². The van der Waals surface area contributed by atoms with E-state index in [-0.39, 0.29) is 6.04 Å². The Morgan fingerprint density at radius 3 is 2.42 bits per heavy atom. The molecule has 2 N–H and O–H groups in total.